The van der Waals surface area contributed by atoms with Crippen molar-refractivity contribution >= 4 is 16.2 Å². The van der Waals surface area contributed by atoms with E-state index in [1.165, 1.54) is 4.90 Å². The molecule has 0 aromatic rings. The van der Waals surface area contributed by atoms with Crippen LogP contribution in [0.3, 0.4) is 0 Å². The number of amides is 1. The highest BCUT2D eigenvalue weighted by Gasteiger charge is 2.38. The molecule has 0 N–H and O–H groups in total. The molecule has 1 fully saturated rings. The summed E-state index contributed by atoms with van der Waals surface area (Å²) in [7, 11) is -3.50. The van der Waals surface area contributed by atoms with Crippen LogP contribution >= 0.6 is 0 Å². The van der Waals surface area contributed by atoms with E-state index in [0.29, 0.717) is 19.4 Å². The number of likely N-dealkylation sites (tertiary alicyclic amines) is 1. The van der Waals surface area contributed by atoms with Gasteiger partial charge in [0.15, 0.2) is 0 Å². The van der Waals surface area contributed by atoms with Crippen LogP contribution in [0.4, 0.5) is 9.18 Å². The quantitative estimate of drug-likeness (QED) is 0.568. The summed E-state index contributed by atoms with van der Waals surface area (Å²) in [5, 5.41) is 0. The summed E-state index contributed by atoms with van der Waals surface area (Å²) in [5.41, 5.74) is -2.13. The lowest BCUT2D eigenvalue weighted by atomic mass is 9.90. The van der Waals surface area contributed by atoms with Crippen LogP contribution < -0.4 is 0 Å². The van der Waals surface area contributed by atoms with Gasteiger partial charge in [0.2, 0.25) is 0 Å². The minimum absolute atomic E-state index is 0.0270. The molecule has 1 amide bonds. The first-order chi connectivity index (χ1) is 9.90. The number of halogens is 1. The lowest BCUT2D eigenvalue weighted by Crippen LogP contribution is -2.49. The van der Waals surface area contributed by atoms with Gasteiger partial charge in [-0.1, -0.05) is 0 Å². The summed E-state index contributed by atoms with van der Waals surface area (Å²) in [6.07, 6.45) is 1.80. The molecular formula is C14H26FNO5S. The first kappa shape index (κ1) is 19.2. The van der Waals surface area contributed by atoms with Crippen LogP contribution in [-0.4, -0.2) is 56.6 Å². The standard InChI is InChI=1S/C14H26FNO5S/c1-13(2,3)21-12(17)16-9-5-7-14(15,11-16)8-6-10-20-22(4,18)19/h5-11H2,1-4H3. The van der Waals surface area contributed by atoms with Crippen molar-refractivity contribution in [2.24, 2.45) is 0 Å². The van der Waals surface area contributed by atoms with Crippen molar-refractivity contribution < 1.29 is 26.5 Å². The van der Waals surface area contributed by atoms with Crippen LogP contribution in [0.2, 0.25) is 0 Å². The Morgan fingerprint density at radius 3 is 2.55 bits per heavy atom. The van der Waals surface area contributed by atoms with Crippen LogP contribution in [0.1, 0.15) is 46.5 Å². The van der Waals surface area contributed by atoms with Gasteiger partial charge in [-0.3, -0.25) is 4.18 Å². The molecule has 22 heavy (non-hydrogen) atoms. The number of nitrogens with zero attached hydrogens (tertiary/aromatic N) is 1. The van der Waals surface area contributed by atoms with Gasteiger partial charge in [-0.2, -0.15) is 8.42 Å². The fourth-order valence-electron chi connectivity index (χ4n) is 2.37. The minimum atomic E-state index is -3.50. The van der Waals surface area contributed by atoms with Gasteiger partial charge >= 0.3 is 6.09 Å². The Morgan fingerprint density at radius 2 is 2.00 bits per heavy atom. The van der Waals surface area contributed by atoms with Crippen molar-refractivity contribution in [2.45, 2.75) is 57.7 Å². The van der Waals surface area contributed by atoms with Gasteiger partial charge in [0.25, 0.3) is 10.1 Å². The Hall–Kier alpha value is -0.890. The average molecular weight is 339 g/mol. The van der Waals surface area contributed by atoms with E-state index < -0.39 is 27.5 Å². The molecule has 8 heteroatoms. The highest BCUT2D eigenvalue weighted by atomic mass is 32.2. The van der Waals surface area contributed by atoms with Gasteiger partial charge in [-0.05, 0) is 46.5 Å². The Balaban J connectivity index is 2.48. The van der Waals surface area contributed by atoms with Gasteiger partial charge in [0, 0.05) is 6.54 Å². The van der Waals surface area contributed by atoms with E-state index in [-0.39, 0.29) is 26.0 Å². The second kappa shape index (κ2) is 7.12. The number of alkyl halides is 1. The predicted molar refractivity (Wildman–Crippen MR) is 80.9 cm³/mol. The third-order valence-corrected chi connectivity index (χ3v) is 3.84. The number of hydrogen-bond donors (Lipinski definition) is 0. The van der Waals surface area contributed by atoms with Gasteiger partial charge < -0.3 is 9.64 Å². The summed E-state index contributed by atoms with van der Waals surface area (Å²) in [4.78, 5) is 13.4. The smallest absolute Gasteiger partial charge is 0.410 e. The molecule has 1 saturated heterocycles. The molecule has 0 saturated carbocycles. The van der Waals surface area contributed by atoms with E-state index in [9.17, 15) is 17.6 Å². The van der Waals surface area contributed by atoms with E-state index in [4.69, 9.17) is 4.74 Å². The van der Waals surface area contributed by atoms with Crippen molar-refractivity contribution in [2.75, 3.05) is 26.0 Å². The third kappa shape index (κ3) is 7.40. The van der Waals surface area contributed by atoms with Crippen molar-refractivity contribution in [3.8, 4) is 0 Å². The summed E-state index contributed by atoms with van der Waals surface area (Å²) in [6.45, 7) is 5.69. The van der Waals surface area contributed by atoms with Crippen molar-refractivity contribution in [1.82, 2.24) is 4.90 Å². The molecule has 0 aliphatic carbocycles. The first-order valence-electron chi connectivity index (χ1n) is 7.42. The average Bonchev–Trinajstić information content (AvgIpc) is 2.32. The summed E-state index contributed by atoms with van der Waals surface area (Å²) in [5.74, 6) is 0. The largest absolute Gasteiger partial charge is 0.444 e. The molecule has 0 radical (unpaired) electrons. The van der Waals surface area contributed by atoms with E-state index in [1.54, 1.807) is 20.8 Å². The second-order valence-corrected chi connectivity index (χ2v) is 8.43. The van der Waals surface area contributed by atoms with E-state index >= 15 is 0 Å². The molecule has 1 heterocycles. The zero-order valence-corrected chi connectivity index (χ0v) is 14.5. The monoisotopic (exact) mass is 339 g/mol. The summed E-state index contributed by atoms with van der Waals surface area (Å²) < 4.78 is 46.3. The third-order valence-electron chi connectivity index (χ3n) is 3.25. The summed E-state index contributed by atoms with van der Waals surface area (Å²) in [6, 6.07) is 0. The van der Waals surface area contributed by atoms with E-state index in [1.807, 2.05) is 0 Å². The number of rotatable bonds is 5. The molecule has 0 aromatic carbocycles. The molecule has 0 spiro atoms. The van der Waals surface area contributed by atoms with Gasteiger partial charge in [0.05, 0.1) is 19.4 Å². The topological polar surface area (TPSA) is 72.9 Å². The second-order valence-electron chi connectivity index (χ2n) is 6.79. The van der Waals surface area contributed by atoms with E-state index in [0.717, 1.165) is 6.26 Å². The predicted octanol–water partition coefficient (Wildman–Crippen LogP) is 2.48. The van der Waals surface area contributed by atoms with Gasteiger partial charge in [0.1, 0.15) is 11.3 Å². The molecule has 6 nitrogen and oxygen atoms in total. The number of piperidine rings is 1. The molecule has 0 aromatic heterocycles. The first-order valence-corrected chi connectivity index (χ1v) is 9.23. The van der Waals surface area contributed by atoms with Gasteiger partial charge in [-0.15, -0.1) is 0 Å². The van der Waals surface area contributed by atoms with Gasteiger partial charge in [-0.25, -0.2) is 9.18 Å². The maximum absolute atomic E-state index is 14.8. The lowest BCUT2D eigenvalue weighted by Gasteiger charge is -2.38. The van der Waals surface area contributed by atoms with Crippen LogP contribution in [-0.2, 0) is 19.0 Å². The lowest BCUT2D eigenvalue weighted by molar-refractivity contribution is -0.00875. The number of ether oxygens (including phenoxy) is 1. The number of hydrogen-bond acceptors (Lipinski definition) is 5. The molecule has 0 bridgehead atoms. The Labute approximate surface area is 132 Å². The summed E-state index contributed by atoms with van der Waals surface area (Å²) >= 11 is 0. The number of carbonyl (C=O) groups excluding carboxylic acids is 1. The molecule has 1 unspecified atom stereocenters. The SMILES string of the molecule is CC(C)(C)OC(=O)N1CCCC(F)(CCCOS(C)(=O)=O)C1. The molecular weight excluding hydrogens is 313 g/mol. The van der Waals surface area contributed by atoms with E-state index in [2.05, 4.69) is 4.18 Å². The molecule has 1 aliphatic rings. The number of carbonyl (C=O) groups is 1. The fourth-order valence-corrected chi connectivity index (χ4v) is 2.79. The molecule has 130 valence electrons. The molecule has 1 aliphatic heterocycles. The Bertz CT molecular complexity index is 488. The maximum Gasteiger partial charge on any atom is 0.410 e. The fraction of sp³-hybridized carbons (Fsp3) is 0.929. The maximum atomic E-state index is 14.8. The van der Waals surface area contributed by atoms with Crippen LogP contribution in [0.15, 0.2) is 0 Å². The van der Waals surface area contributed by atoms with Crippen LogP contribution in [0, 0.1) is 0 Å². The Morgan fingerprint density at radius 1 is 1.36 bits per heavy atom. The minimum Gasteiger partial charge on any atom is -0.444 e. The highest BCUT2D eigenvalue weighted by molar-refractivity contribution is 7.85. The molecule has 1 rings (SSSR count). The molecule has 1 atom stereocenters. The van der Waals surface area contributed by atoms with Crippen molar-refractivity contribution in [3.63, 3.8) is 0 Å². The normalized spacial score (nSPS) is 23.4. The van der Waals surface area contributed by atoms with Crippen LogP contribution in [0.5, 0.6) is 0 Å². The van der Waals surface area contributed by atoms with Crippen molar-refractivity contribution in [3.05, 3.63) is 0 Å². The van der Waals surface area contributed by atoms with Crippen molar-refractivity contribution in [1.29, 1.82) is 0 Å². The Kier molecular flexibility index (Phi) is 6.20. The zero-order valence-electron chi connectivity index (χ0n) is 13.7. The zero-order chi connectivity index (χ0) is 17.0. The van der Waals surface area contributed by atoms with Crippen LogP contribution in [0.25, 0.3) is 0 Å². The highest BCUT2D eigenvalue weighted by Crippen LogP contribution is 2.30.